The molecule has 1 aliphatic rings. The molecular formula is C32H31Cl2FN6O4. The van der Waals surface area contributed by atoms with Gasteiger partial charge in [-0.15, -0.1) is 16.3 Å². The standard InChI is InChI=1S/C32H31Cl2FN6O4/c1-40(2)12-11-36-32-37-17-21-14-25(31(43)41(44-3)29(21)39-32)24-9-8-23(16-26(24)33)38-30(42)20-7-10-28(27(34)15-20)45-18-19-5-4-6-22(35)13-19/h4-10,13-17,27-28H,11-12,18H2,1-3H3,(H,38,42)(H,36,37,39). The van der Waals surface area contributed by atoms with Gasteiger partial charge in [-0.05, 0) is 50.0 Å². The van der Waals surface area contributed by atoms with Gasteiger partial charge in [0.2, 0.25) is 5.95 Å². The summed E-state index contributed by atoms with van der Waals surface area (Å²) in [6.07, 6.45) is 6.02. The van der Waals surface area contributed by atoms with Gasteiger partial charge in [-0.3, -0.25) is 9.59 Å². The zero-order chi connectivity index (χ0) is 32.1. The van der Waals surface area contributed by atoms with Gasteiger partial charge in [0, 0.05) is 41.5 Å². The Hall–Kier alpha value is -4.29. The molecule has 0 radical (unpaired) electrons. The average Bonchev–Trinajstić information content (AvgIpc) is 3.00. The molecule has 0 saturated carbocycles. The highest BCUT2D eigenvalue weighted by Gasteiger charge is 2.23. The van der Waals surface area contributed by atoms with Gasteiger partial charge in [-0.2, -0.15) is 4.98 Å². The molecule has 1 aliphatic carbocycles. The number of aromatic nitrogens is 3. The van der Waals surface area contributed by atoms with E-state index in [0.29, 0.717) is 45.9 Å². The highest BCUT2D eigenvalue weighted by Crippen LogP contribution is 2.30. The summed E-state index contributed by atoms with van der Waals surface area (Å²) in [7, 11) is 5.31. The first-order valence-corrected chi connectivity index (χ1v) is 14.8. The van der Waals surface area contributed by atoms with Crippen LogP contribution in [0.5, 0.6) is 0 Å². The van der Waals surface area contributed by atoms with Crippen LogP contribution >= 0.6 is 23.2 Å². The Morgan fingerprint density at radius 1 is 1.16 bits per heavy atom. The molecule has 2 atom stereocenters. The molecule has 0 saturated heterocycles. The van der Waals surface area contributed by atoms with Gasteiger partial charge < -0.3 is 25.1 Å². The van der Waals surface area contributed by atoms with Crippen LogP contribution in [0, 0.1) is 5.82 Å². The highest BCUT2D eigenvalue weighted by atomic mass is 35.5. The van der Waals surface area contributed by atoms with Gasteiger partial charge >= 0.3 is 0 Å². The first-order chi connectivity index (χ1) is 21.6. The molecule has 0 aliphatic heterocycles. The van der Waals surface area contributed by atoms with Crippen molar-refractivity contribution in [3.63, 3.8) is 0 Å². The second-order valence-electron chi connectivity index (χ2n) is 10.5. The van der Waals surface area contributed by atoms with E-state index in [2.05, 4.69) is 20.6 Å². The molecule has 2 unspecified atom stereocenters. The molecule has 234 valence electrons. The minimum absolute atomic E-state index is 0.172. The SMILES string of the molecule is COn1c(=O)c(-c2ccc(NC(=O)C3=CC(Cl)C(OCc4cccc(F)c4)C=C3)cc2Cl)cc2cnc(NCCN(C)C)nc21. The van der Waals surface area contributed by atoms with Gasteiger partial charge in [-0.25, -0.2) is 9.37 Å². The van der Waals surface area contributed by atoms with Crippen molar-refractivity contribution < 1.29 is 18.8 Å². The zero-order valence-electron chi connectivity index (χ0n) is 24.8. The molecular weight excluding hydrogens is 622 g/mol. The molecule has 0 fully saturated rings. The summed E-state index contributed by atoms with van der Waals surface area (Å²) in [6, 6.07) is 12.6. The molecule has 2 aromatic carbocycles. The van der Waals surface area contributed by atoms with E-state index in [9.17, 15) is 14.0 Å². The van der Waals surface area contributed by atoms with Crippen LogP contribution < -0.4 is 21.0 Å². The van der Waals surface area contributed by atoms with E-state index in [4.69, 9.17) is 32.8 Å². The fraction of sp³-hybridized carbons (Fsp3) is 0.250. The average molecular weight is 654 g/mol. The lowest BCUT2D eigenvalue weighted by atomic mass is 10.0. The van der Waals surface area contributed by atoms with Crippen LogP contribution in [-0.4, -0.2) is 71.3 Å². The summed E-state index contributed by atoms with van der Waals surface area (Å²) in [6.45, 7) is 1.58. The Balaban J connectivity index is 1.29. The van der Waals surface area contributed by atoms with Crippen LogP contribution in [0.4, 0.5) is 16.0 Å². The Kier molecular flexibility index (Phi) is 10.1. The van der Waals surface area contributed by atoms with Gasteiger partial charge in [0.25, 0.3) is 11.5 Å². The normalized spacial score (nSPS) is 16.1. The van der Waals surface area contributed by atoms with Crippen molar-refractivity contribution in [1.82, 2.24) is 19.6 Å². The first-order valence-electron chi connectivity index (χ1n) is 14.0. The number of pyridine rings is 1. The number of halogens is 3. The Labute approximate surface area is 269 Å². The number of carbonyl (C=O) groups is 1. The van der Waals surface area contributed by atoms with Crippen molar-refractivity contribution in [3.05, 3.63) is 105 Å². The van der Waals surface area contributed by atoms with Crippen LogP contribution in [0.3, 0.4) is 0 Å². The van der Waals surface area contributed by atoms with Crippen LogP contribution in [0.2, 0.25) is 5.02 Å². The number of fused-ring (bicyclic) bond motifs is 1. The smallest absolute Gasteiger partial charge is 0.293 e. The number of hydrogen-bond acceptors (Lipinski definition) is 8. The van der Waals surface area contributed by atoms with Crippen molar-refractivity contribution in [2.75, 3.05) is 44.9 Å². The Bertz CT molecular complexity index is 1840. The number of rotatable bonds is 11. The second kappa shape index (κ2) is 14.2. The number of nitrogens with one attached hydrogen (secondary N) is 2. The van der Waals surface area contributed by atoms with Gasteiger partial charge in [0.15, 0.2) is 5.65 Å². The quantitative estimate of drug-likeness (QED) is 0.220. The molecule has 45 heavy (non-hydrogen) atoms. The van der Waals surface area contributed by atoms with Gasteiger partial charge in [0.05, 0.1) is 28.7 Å². The first kappa shape index (κ1) is 32.1. The highest BCUT2D eigenvalue weighted by molar-refractivity contribution is 6.33. The number of likely N-dealkylation sites (N-methyl/N-ethyl adjacent to an activating group) is 1. The lowest BCUT2D eigenvalue weighted by Crippen LogP contribution is -2.28. The summed E-state index contributed by atoms with van der Waals surface area (Å²) < 4.78 is 20.3. The number of ether oxygens (including phenoxy) is 1. The Morgan fingerprint density at radius 3 is 2.69 bits per heavy atom. The fourth-order valence-electron chi connectivity index (χ4n) is 4.67. The maximum absolute atomic E-state index is 13.4. The molecule has 4 aromatic rings. The predicted octanol–water partition coefficient (Wildman–Crippen LogP) is 4.91. The number of amides is 1. The van der Waals surface area contributed by atoms with Crippen LogP contribution in [0.1, 0.15) is 5.56 Å². The summed E-state index contributed by atoms with van der Waals surface area (Å²) in [5, 5.41) is 6.14. The van der Waals surface area contributed by atoms with E-state index < -0.39 is 22.9 Å². The summed E-state index contributed by atoms with van der Waals surface area (Å²) in [5.74, 6) is -0.374. The number of nitrogens with zero attached hydrogens (tertiary/aromatic N) is 4. The van der Waals surface area contributed by atoms with Gasteiger partial charge in [0.1, 0.15) is 12.9 Å². The van der Waals surface area contributed by atoms with Crippen LogP contribution in [0.25, 0.3) is 22.2 Å². The van der Waals surface area contributed by atoms with Crippen LogP contribution in [0.15, 0.2) is 83.3 Å². The molecule has 0 spiro atoms. The molecule has 1 amide bonds. The minimum Gasteiger partial charge on any atom is -0.412 e. The zero-order valence-corrected chi connectivity index (χ0v) is 26.3. The maximum Gasteiger partial charge on any atom is 0.293 e. The molecule has 5 rings (SSSR count). The summed E-state index contributed by atoms with van der Waals surface area (Å²) in [4.78, 5) is 42.7. The second-order valence-corrected chi connectivity index (χ2v) is 11.4. The number of benzene rings is 2. The minimum atomic E-state index is -0.611. The molecule has 10 nitrogen and oxygen atoms in total. The summed E-state index contributed by atoms with van der Waals surface area (Å²) >= 11 is 13.1. The van der Waals surface area contributed by atoms with E-state index >= 15 is 0 Å². The van der Waals surface area contributed by atoms with Crippen LogP contribution in [-0.2, 0) is 16.1 Å². The lowest BCUT2D eigenvalue weighted by Gasteiger charge is -2.22. The predicted molar refractivity (Wildman–Crippen MR) is 174 cm³/mol. The van der Waals surface area contributed by atoms with E-state index in [0.717, 1.165) is 11.3 Å². The van der Waals surface area contributed by atoms with Crippen molar-refractivity contribution >= 4 is 51.8 Å². The number of hydrogen-bond donors (Lipinski definition) is 2. The largest absolute Gasteiger partial charge is 0.412 e. The lowest BCUT2D eigenvalue weighted by molar-refractivity contribution is -0.112. The maximum atomic E-state index is 13.4. The van der Waals surface area contributed by atoms with E-state index in [-0.39, 0.29) is 23.0 Å². The van der Waals surface area contributed by atoms with Crippen molar-refractivity contribution in [3.8, 4) is 11.1 Å². The number of carbonyl (C=O) groups excluding carboxylic acids is 1. The van der Waals surface area contributed by atoms with Gasteiger partial charge in [-0.1, -0.05) is 48.0 Å². The van der Waals surface area contributed by atoms with Crippen molar-refractivity contribution in [2.24, 2.45) is 0 Å². The van der Waals surface area contributed by atoms with Crippen molar-refractivity contribution in [2.45, 2.75) is 18.1 Å². The third-order valence-electron chi connectivity index (χ3n) is 6.96. The van der Waals surface area contributed by atoms with Crippen molar-refractivity contribution in [1.29, 1.82) is 0 Å². The van der Waals surface area contributed by atoms with E-state index in [1.54, 1.807) is 60.8 Å². The molecule has 2 N–H and O–H groups in total. The molecule has 0 bridgehead atoms. The van der Waals surface area contributed by atoms with E-state index in [1.165, 1.54) is 19.2 Å². The topological polar surface area (TPSA) is 111 Å². The monoisotopic (exact) mass is 652 g/mol. The Morgan fingerprint density at radius 2 is 1.98 bits per heavy atom. The molecule has 2 heterocycles. The van der Waals surface area contributed by atoms with E-state index in [1.807, 2.05) is 19.0 Å². The number of alkyl halides is 1. The third-order valence-corrected chi connectivity index (χ3v) is 7.64. The fourth-order valence-corrected chi connectivity index (χ4v) is 5.24. The number of anilines is 2. The molecule has 2 aromatic heterocycles. The summed E-state index contributed by atoms with van der Waals surface area (Å²) in [5.41, 5.74) is 2.00. The third kappa shape index (κ3) is 7.69. The molecule has 13 heteroatoms.